The minimum absolute atomic E-state index is 0.115. The summed E-state index contributed by atoms with van der Waals surface area (Å²) in [7, 11) is 0. The summed E-state index contributed by atoms with van der Waals surface area (Å²) in [6, 6.07) is 19.6. The number of carbonyl (C=O) groups excluding carboxylic acids is 1. The first-order chi connectivity index (χ1) is 13.9. The first-order valence-corrected chi connectivity index (χ1v) is 9.59. The third kappa shape index (κ3) is 5.49. The van der Waals surface area contributed by atoms with Crippen molar-refractivity contribution in [3.8, 4) is 5.75 Å². The highest BCUT2D eigenvalue weighted by molar-refractivity contribution is 7.99. The Bertz CT molecular complexity index is 1040. The van der Waals surface area contributed by atoms with E-state index >= 15 is 0 Å². The number of rotatable bonds is 7. The fourth-order valence-corrected chi connectivity index (χ4v) is 3.61. The number of nitrogens with one attached hydrogen (secondary N) is 2. The van der Waals surface area contributed by atoms with Crippen LogP contribution in [0.2, 0.25) is 0 Å². The molecule has 3 aromatic rings. The van der Waals surface area contributed by atoms with Crippen LogP contribution in [0.5, 0.6) is 5.75 Å². The van der Waals surface area contributed by atoms with Crippen molar-refractivity contribution < 1.29 is 14.8 Å². The minimum Gasteiger partial charge on any atom is -0.502 e. The van der Waals surface area contributed by atoms with Crippen LogP contribution in [0.1, 0.15) is 12.5 Å². The Balaban J connectivity index is 1.72. The molecule has 0 unspecified atom stereocenters. The number of nitro groups is 1. The van der Waals surface area contributed by atoms with Crippen LogP contribution in [-0.2, 0) is 11.3 Å². The van der Waals surface area contributed by atoms with Crippen molar-refractivity contribution >= 4 is 34.7 Å². The van der Waals surface area contributed by atoms with E-state index in [-0.39, 0.29) is 17.3 Å². The molecule has 0 fully saturated rings. The van der Waals surface area contributed by atoms with Gasteiger partial charge in [-0.05, 0) is 48.0 Å². The molecule has 3 N–H and O–H groups in total. The van der Waals surface area contributed by atoms with Crippen LogP contribution in [0.25, 0.3) is 0 Å². The van der Waals surface area contributed by atoms with Crippen molar-refractivity contribution in [1.29, 1.82) is 0 Å². The molecule has 0 bridgehead atoms. The summed E-state index contributed by atoms with van der Waals surface area (Å²) in [5.74, 6) is -0.476. The van der Waals surface area contributed by atoms with E-state index in [1.807, 2.05) is 48.5 Å². The van der Waals surface area contributed by atoms with Crippen LogP contribution in [0.3, 0.4) is 0 Å². The fraction of sp³-hybridized carbons (Fsp3) is 0.0952. The molecule has 3 rings (SSSR count). The van der Waals surface area contributed by atoms with Gasteiger partial charge in [-0.1, -0.05) is 30.0 Å². The first-order valence-electron chi connectivity index (χ1n) is 8.77. The second-order valence-corrected chi connectivity index (χ2v) is 7.34. The van der Waals surface area contributed by atoms with E-state index < -0.39 is 4.92 Å². The van der Waals surface area contributed by atoms with Gasteiger partial charge in [0, 0.05) is 40.7 Å². The second-order valence-electron chi connectivity index (χ2n) is 6.23. The number of aromatic hydroxyl groups is 1. The lowest BCUT2D eigenvalue weighted by atomic mass is 10.2. The third-order valence-electron chi connectivity index (χ3n) is 4.03. The summed E-state index contributed by atoms with van der Waals surface area (Å²) in [6.07, 6.45) is 0. The van der Waals surface area contributed by atoms with Crippen molar-refractivity contribution in [1.82, 2.24) is 0 Å². The molecule has 0 saturated heterocycles. The van der Waals surface area contributed by atoms with E-state index in [0.29, 0.717) is 12.2 Å². The predicted octanol–water partition coefficient (Wildman–Crippen LogP) is 5.02. The Kier molecular flexibility index (Phi) is 6.36. The molecule has 148 valence electrons. The molecule has 8 heteroatoms. The maximum Gasteiger partial charge on any atom is 0.312 e. The van der Waals surface area contributed by atoms with Gasteiger partial charge in [-0.3, -0.25) is 14.9 Å². The zero-order valence-corrected chi connectivity index (χ0v) is 16.4. The topological polar surface area (TPSA) is 104 Å². The number of amides is 1. The molecule has 0 aliphatic carbocycles. The quantitative estimate of drug-likeness (QED) is 0.287. The first kappa shape index (κ1) is 20.2. The number of carbonyl (C=O) groups is 1. The number of nitro benzene ring substituents is 1. The van der Waals surface area contributed by atoms with Gasteiger partial charge in [0.05, 0.1) is 4.92 Å². The van der Waals surface area contributed by atoms with Gasteiger partial charge in [0.15, 0.2) is 5.75 Å². The molecule has 0 aromatic heterocycles. The Morgan fingerprint density at radius 3 is 2.45 bits per heavy atom. The number of phenols is 1. The lowest BCUT2D eigenvalue weighted by Crippen LogP contribution is -2.05. The Labute approximate surface area is 171 Å². The maximum absolute atomic E-state index is 11.1. The van der Waals surface area contributed by atoms with Gasteiger partial charge in [0.2, 0.25) is 5.91 Å². The summed E-state index contributed by atoms with van der Waals surface area (Å²) in [6.45, 7) is 1.93. The lowest BCUT2D eigenvalue weighted by Gasteiger charge is -2.12. The van der Waals surface area contributed by atoms with Gasteiger partial charge in [0.25, 0.3) is 0 Å². The zero-order chi connectivity index (χ0) is 20.8. The van der Waals surface area contributed by atoms with E-state index in [9.17, 15) is 20.0 Å². The van der Waals surface area contributed by atoms with E-state index in [0.717, 1.165) is 21.0 Å². The van der Waals surface area contributed by atoms with Gasteiger partial charge >= 0.3 is 5.69 Å². The molecule has 0 saturated carbocycles. The van der Waals surface area contributed by atoms with Crippen molar-refractivity contribution in [2.45, 2.75) is 23.3 Å². The number of nitrogens with zero attached hydrogens (tertiary/aromatic N) is 1. The third-order valence-corrected chi connectivity index (χ3v) is 5.16. The van der Waals surface area contributed by atoms with Crippen molar-refractivity contribution in [2.24, 2.45) is 0 Å². The monoisotopic (exact) mass is 409 g/mol. The number of hydrogen-bond donors (Lipinski definition) is 3. The summed E-state index contributed by atoms with van der Waals surface area (Å²) >= 11 is 1.59. The van der Waals surface area contributed by atoms with Gasteiger partial charge < -0.3 is 15.7 Å². The minimum atomic E-state index is -0.616. The molecule has 3 aromatic carbocycles. The van der Waals surface area contributed by atoms with Gasteiger partial charge in [-0.2, -0.15) is 0 Å². The molecule has 0 radical (unpaired) electrons. The number of benzene rings is 3. The largest absolute Gasteiger partial charge is 0.502 e. The highest BCUT2D eigenvalue weighted by atomic mass is 32.2. The van der Waals surface area contributed by atoms with Crippen LogP contribution in [0, 0.1) is 10.1 Å². The summed E-state index contributed by atoms with van der Waals surface area (Å²) < 4.78 is 0. The lowest BCUT2D eigenvalue weighted by molar-refractivity contribution is -0.385. The van der Waals surface area contributed by atoms with E-state index in [1.54, 1.807) is 17.8 Å². The van der Waals surface area contributed by atoms with Crippen molar-refractivity contribution in [2.75, 3.05) is 10.6 Å². The normalized spacial score (nSPS) is 10.4. The van der Waals surface area contributed by atoms with Gasteiger partial charge in [0.1, 0.15) is 0 Å². The molecule has 0 aliphatic heterocycles. The molecule has 0 atom stereocenters. The highest BCUT2D eigenvalue weighted by Crippen LogP contribution is 2.32. The van der Waals surface area contributed by atoms with Gasteiger partial charge in [-0.15, -0.1) is 0 Å². The average Bonchev–Trinajstić information content (AvgIpc) is 2.69. The SMILES string of the molecule is CC(=O)Nc1ccc(Sc2ccccc2CNc2ccc(O)c([N+](=O)[O-])c2)cc1. The molecular weight excluding hydrogens is 390 g/mol. The van der Waals surface area contributed by atoms with Crippen LogP contribution in [0.15, 0.2) is 76.5 Å². The number of hydrogen-bond acceptors (Lipinski definition) is 6. The van der Waals surface area contributed by atoms with Gasteiger partial charge in [-0.25, -0.2) is 0 Å². The smallest absolute Gasteiger partial charge is 0.312 e. The summed E-state index contributed by atoms with van der Waals surface area (Å²) in [5.41, 5.74) is 1.98. The van der Waals surface area contributed by atoms with Crippen LogP contribution in [0.4, 0.5) is 17.1 Å². The Morgan fingerprint density at radius 2 is 1.76 bits per heavy atom. The summed E-state index contributed by atoms with van der Waals surface area (Å²) in [5, 5.41) is 26.5. The molecule has 29 heavy (non-hydrogen) atoms. The highest BCUT2D eigenvalue weighted by Gasteiger charge is 2.13. The molecule has 1 amide bonds. The van der Waals surface area contributed by atoms with Crippen LogP contribution in [-0.4, -0.2) is 15.9 Å². The molecule has 7 nitrogen and oxygen atoms in total. The summed E-state index contributed by atoms with van der Waals surface area (Å²) in [4.78, 5) is 23.6. The van der Waals surface area contributed by atoms with Crippen molar-refractivity contribution in [3.05, 3.63) is 82.4 Å². The second kappa shape index (κ2) is 9.11. The molecule has 0 heterocycles. The van der Waals surface area contributed by atoms with E-state index in [2.05, 4.69) is 10.6 Å². The van der Waals surface area contributed by atoms with Crippen LogP contribution >= 0.6 is 11.8 Å². The van der Waals surface area contributed by atoms with E-state index in [1.165, 1.54) is 19.1 Å². The molecule has 0 spiro atoms. The molecule has 0 aliphatic rings. The Morgan fingerprint density at radius 1 is 1.07 bits per heavy atom. The number of anilines is 2. The predicted molar refractivity (Wildman–Crippen MR) is 113 cm³/mol. The Hall–Kier alpha value is -3.52. The van der Waals surface area contributed by atoms with Crippen LogP contribution < -0.4 is 10.6 Å². The zero-order valence-electron chi connectivity index (χ0n) is 15.6. The fourth-order valence-electron chi connectivity index (χ4n) is 2.66. The number of phenolic OH excluding ortho intramolecular Hbond substituents is 1. The standard InChI is InChI=1S/C21H19N3O4S/c1-14(25)23-16-6-9-18(10-7-16)29-21-5-3-2-4-15(21)13-22-17-8-11-20(26)19(12-17)24(27)28/h2-12,22,26H,13H2,1H3,(H,23,25). The molecular formula is C21H19N3O4S. The van der Waals surface area contributed by atoms with Crippen molar-refractivity contribution in [3.63, 3.8) is 0 Å². The van der Waals surface area contributed by atoms with E-state index in [4.69, 9.17) is 0 Å². The average molecular weight is 409 g/mol. The maximum atomic E-state index is 11.1.